The summed E-state index contributed by atoms with van der Waals surface area (Å²) < 4.78 is 29.3. The van der Waals surface area contributed by atoms with Gasteiger partial charge in [-0.25, -0.2) is 0 Å². The number of aliphatic carboxylic acids is 1. The minimum atomic E-state index is -2.90. The maximum Gasteiger partial charge on any atom is 0.387 e. The summed E-state index contributed by atoms with van der Waals surface area (Å²) in [7, 11) is 0. The van der Waals surface area contributed by atoms with Crippen molar-refractivity contribution in [2.75, 3.05) is 6.54 Å². The van der Waals surface area contributed by atoms with Crippen molar-refractivity contribution in [3.05, 3.63) is 28.8 Å². The number of ether oxygens (including phenoxy) is 1. The fourth-order valence-corrected chi connectivity index (χ4v) is 2.37. The van der Waals surface area contributed by atoms with Gasteiger partial charge in [0.25, 0.3) is 0 Å². The Kier molecular flexibility index (Phi) is 5.36. The van der Waals surface area contributed by atoms with E-state index in [1.807, 2.05) is 4.90 Å². The first-order valence-corrected chi connectivity index (χ1v) is 7.02. The van der Waals surface area contributed by atoms with E-state index in [9.17, 15) is 13.6 Å². The average Bonchev–Trinajstić information content (AvgIpc) is 3.21. The maximum atomic E-state index is 12.4. The normalized spacial score (nSPS) is 14.7. The lowest BCUT2D eigenvalue weighted by atomic mass is 10.1. The maximum absolute atomic E-state index is 12.4. The third-order valence-electron chi connectivity index (χ3n) is 3.29. The van der Waals surface area contributed by atoms with Crippen molar-refractivity contribution in [3.63, 3.8) is 0 Å². The van der Waals surface area contributed by atoms with E-state index in [0.29, 0.717) is 29.7 Å². The van der Waals surface area contributed by atoms with Gasteiger partial charge in [0.1, 0.15) is 5.75 Å². The summed E-state index contributed by atoms with van der Waals surface area (Å²) in [5.74, 6) is -0.800. The average molecular weight is 320 g/mol. The van der Waals surface area contributed by atoms with Crippen molar-refractivity contribution in [3.8, 4) is 5.75 Å². The number of carbonyl (C=O) groups is 1. The summed E-state index contributed by atoms with van der Waals surface area (Å²) in [4.78, 5) is 12.7. The molecule has 0 radical (unpaired) electrons. The molecule has 0 bridgehead atoms. The lowest BCUT2D eigenvalue weighted by Crippen LogP contribution is -2.28. The van der Waals surface area contributed by atoms with Crippen molar-refractivity contribution in [1.29, 1.82) is 0 Å². The highest BCUT2D eigenvalue weighted by atomic mass is 35.5. The van der Waals surface area contributed by atoms with Crippen molar-refractivity contribution in [2.24, 2.45) is 0 Å². The number of benzene rings is 1. The lowest BCUT2D eigenvalue weighted by Gasteiger charge is -2.22. The van der Waals surface area contributed by atoms with Gasteiger partial charge in [-0.1, -0.05) is 11.6 Å². The lowest BCUT2D eigenvalue weighted by molar-refractivity contribution is -0.137. The quantitative estimate of drug-likeness (QED) is 0.798. The van der Waals surface area contributed by atoms with Crippen molar-refractivity contribution in [2.45, 2.75) is 38.5 Å². The van der Waals surface area contributed by atoms with Crippen LogP contribution in [-0.4, -0.2) is 35.2 Å². The molecule has 0 aromatic heterocycles. The summed E-state index contributed by atoms with van der Waals surface area (Å²) in [6.45, 7) is -2.18. The molecule has 0 amide bonds. The summed E-state index contributed by atoms with van der Waals surface area (Å²) in [5.41, 5.74) is 0.542. The fourth-order valence-electron chi connectivity index (χ4n) is 2.17. The molecule has 1 fully saturated rings. The van der Waals surface area contributed by atoms with Gasteiger partial charge in [-0.3, -0.25) is 9.69 Å². The molecule has 7 heteroatoms. The van der Waals surface area contributed by atoms with Crippen LogP contribution in [0.5, 0.6) is 5.75 Å². The van der Waals surface area contributed by atoms with Crippen LogP contribution in [0.3, 0.4) is 0 Å². The van der Waals surface area contributed by atoms with Crippen LogP contribution < -0.4 is 4.74 Å². The number of rotatable bonds is 8. The number of carboxylic acids is 1. The summed E-state index contributed by atoms with van der Waals surface area (Å²) in [5, 5.41) is 9.21. The molecule has 0 saturated heterocycles. The molecular weight excluding hydrogens is 304 g/mol. The molecule has 0 aliphatic heterocycles. The van der Waals surface area contributed by atoms with Crippen LogP contribution in [0.2, 0.25) is 5.02 Å². The van der Waals surface area contributed by atoms with Gasteiger partial charge in [0.2, 0.25) is 0 Å². The van der Waals surface area contributed by atoms with Crippen molar-refractivity contribution >= 4 is 17.6 Å². The molecule has 1 aliphatic rings. The fraction of sp³-hybridized carbons (Fsp3) is 0.500. The van der Waals surface area contributed by atoms with Crippen LogP contribution in [0.1, 0.15) is 24.8 Å². The van der Waals surface area contributed by atoms with Crippen molar-refractivity contribution < 1.29 is 23.4 Å². The van der Waals surface area contributed by atoms with E-state index in [1.165, 1.54) is 12.1 Å². The first kappa shape index (κ1) is 16.0. The van der Waals surface area contributed by atoms with E-state index in [1.54, 1.807) is 6.07 Å². The highest BCUT2D eigenvalue weighted by Gasteiger charge is 2.29. The summed E-state index contributed by atoms with van der Waals surface area (Å²) in [6.07, 6.45) is 2.00. The molecule has 1 aromatic carbocycles. The number of hydrogen-bond acceptors (Lipinski definition) is 3. The second-order valence-electron chi connectivity index (χ2n) is 4.98. The van der Waals surface area contributed by atoms with E-state index in [4.69, 9.17) is 16.7 Å². The second kappa shape index (κ2) is 7.04. The molecule has 1 saturated carbocycles. The van der Waals surface area contributed by atoms with Gasteiger partial charge in [-0.2, -0.15) is 8.78 Å². The zero-order valence-electron chi connectivity index (χ0n) is 11.3. The van der Waals surface area contributed by atoms with Crippen LogP contribution in [0.25, 0.3) is 0 Å². The minimum absolute atomic E-state index is 0.0160. The molecule has 4 nitrogen and oxygen atoms in total. The number of hydrogen-bond donors (Lipinski definition) is 1. The highest BCUT2D eigenvalue weighted by Crippen LogP contribution is 2.32. The van der Waals surface area contributed by atoms with Crippen LogP contribution in [0, 0.1) is 0 Å². The molecule has 0 spiro atoms. The van der Waals surface area contributed by atoms with E-state index in [0.717, 1.165) is 12.8 Å². The Balaban J connectivity index is 2.11. The van der Waals surface area contributed by atoms with E-state index >= 15 is 0 Å². The third kappa shape index (κ3) is 5.13. The number of carboxylic acid groups (broad SMARTS) is 1. The number of nitrogens with zero attached hydrogens (tertiary/aromatic N) is 1. The van der Waals surface area contributed by atoms with E-state index < -0.39 is 12.6 Å². The molecule has 21 heavy (non-hydrogen) atoms. The summed E-state index contributed by atoms with van der Waals surface area (Å²) >= 11 is 5.90. The zero-order valence-corrected chi connectivity index (χ0v) is 12.0. The molecule has 1 aliphatic carbocycles. The predicted octanol–water partition coefficient (Wildman–Crippen LogP) is 3.38. The first-order valence-electron chi connectivity index (χ1n) is 6.65. The van der Waals surface area contributed by atoms with Gasteiger partial charge in [0.15, 0.2) is 0 Å². The third-order valence-corrected chi connectivity index (χ3v) is 3.52. The standard InChI is InChI=1S/C14H16ClF2NO3/c15-10-1-4-12(21-14(16)17)9(7-10)8-18(11-2-3-11)6-5-13(19)20/h1,4,7,11,14H,2-3,5-6,8H2,(H,19,20). The molecule has 2 rings (SSSR count). The zero-order chi connectivity index (χ0) is 15.4. The van der Waals surface area contributed by atoms with Crippen molar-refractivity contribution in [1.82, 2.24) is 4.90 Å². The first-order chi connectivity index (χ1) is 9.95. The Bertz CT molecular complexity index is 509. The van der Waals surface area contributed by atoms with Gasteiger partial charge >= 0.3 is 12.6 Å². The van der Waals surface area contributed by atoms with E-state index in [2.05, 4.69) is 4.74 Å². The van der Waals surface area contributed by atoms with Gasteiger partial charge in [0, 0.05) is 29.7 Å². The molecule has 0 heterocycles. The van der Waals surface area contributed by atoms with E-state index in [-0.39, 0.29) is 12.2 Å². The highest BCUT2D eigenvalue weighted by molar-refractivity contribution is 6.30. The Morgan fingerprint density at radius 2 is 2.19 bits per heavy atom. The smallest absolute Gasteiger partial charge is 0.387 e. The molecular formula is C14H16ClF2NO3. The topological polar surface area (TPSA) is 49.8 Å². The Morgan fingerprint density at radius 1 is 1.48 bits per heavy atom. The van der Waals surface area contributed by atoms with Crippen LogP contribution >= 0.6 is 11.6 Å². The van der Waals surface area contributed by atoms with Gasteiger partial charge in [-0.15, -0.1) is 0 Å². The largest absolute Gasteiger partial charge is 0.481 e. The molecule has 0 atom stereocenters. The number of alkyl halides is 2. The van der Waals surface area contributed by atoms with Gasteiger partial charge < -0.3 is 9.84 Å². The van der Waals surface area contributed by atoms with Gasteiger partial charge in [-0.05, 0) is 31.0 Å². The Morgan fingerprint density at radius 3 is 2.76 bits per heavy atom. The molecule has 0 unspecified atom stereocenters. The molecule has 1 aromatic rings. The van der Waals surface area contributed by atoms with Crippen LogP contribution in [0.4, 0.5) is 8.78 Å². The Hall–Kier alpha value is -1.40. The monoisotopic (exact) mass is 319 g/mol. The van der Waals surface area contributed by atoms with Crippen LogP contribution in [0.15, 0.2) is 18.2 Å². The minimum Gasteiger partial charge on any atom is -0.481 e. The SMILES string of the molecule is O=C(O)CCN(Cc1cc(Cl)ccc1OC(F)F)C1CC1. The second-order valence-corrected chi connectivity index (χ2v) is 5.41. The Labute approximate surface area is 126 Å². The number of halogens is 3. The molecule has 116 valence electrons. The van der Waals surface area contributed by atoms with Crippen LogP contribution in [-0.2, 0) is 11.3 Å². The predicted molar refractivity (Wildman–Crippen MR) is 73.8 cm³/mol. The summed E-state index contributed by atoms with van der Waals surface area (Å²) in [6, 6.07) is 4.78. The van der Waals surface area contributed by atoms with Gasteiger partial charge in [0.05, 0.1) is 6.42 Å². The molecule has 1 N–H and O–H groups in total.